The van der Waals surface area contributed by atoms with Crippen LogP contribution in [0.3, 0.4) is 0 Å². The van der Waals surface area contributed by atoms with E-state index in [1.807, 2.05) is 18.2 Å². The van der Waals surface area contributed by atoms with E-state index in [1.54, 1.807) is 18.1 Å². The average Bonchev–Trinajstić information content (AvgIpc) is 3.34. The Kier molecular flexibility index (Phi) is 6.11. The van der Waals surface area contributed by atoms with Gasteiger partial charge in [-0.25, -0.2) is 0 Å². The predicted molar refractivity (Wildman–Crippen MR) is 117 cm³/mol. The lowest BCUT2D eigenvalue weighted by molar-refractivity contribution is 0.0748. The molecule has 4 rings (SSSR count). The van der Waals surface area contributed by atoms with Crippen LogP contribution in [0.25, 0.3) is 10.9 Å². The number of rotatable bonds is 8. The molecule has 1 aromatic heterocycles. The molecule has 1 amide bonds. The Bertz CT molecular complexity index is 1090. The molecule has 0 aliphatic carbocycles. The van der Waals surface area contributed by atoms with Crippen LogP contribution >= 0.6 is 0 Å². The molecular weight excluding hydrogens is 396 g/mol. The van der Waals surface area contributed by atoms with Crippen LogP contribution in [-0.2, 0) is 24.4 Å². The molecule has 0 unspecified atom stereocenters. The number of carbonyl (C=O) groups excluding carboxylic acids is 1. The topological polar surface area (TPSA) is 99.7 Å². The van der Waals surface area contributed by atoms with Gasteiger partial charge in [-0.15, -0.1) is 0 Å². The number of carbonyl (C=O) groups is 1. The number of benzene rings is 2. The zero-order valence-electron chi connectivity index (χ0n) is 18.1. The van der Waals surface area contributed by atoms with E-state index in [2.05, 4.69) is 29.4 Å². The maximum absolute atomic E-state index is 13.2. The summed E-state index contributed by atoms with van der Waals surface area (Å²) < 4.78 is 11.0. The van der Waals surface area contributed by atoms with Gasteiger partial charge in [0, 0.05) is 44.2 Å². The summed E-state index contributed by atoms with van der Waals surface area (Å²) in [4.78, 5) is 14.9. The van der Waals surface area contributed by atoms with Gasteiger partial charge in [0.15, 0.2) is 0 Å². The van der Waals surface area contributed by atoms with Crippen molar-refractivity contribution in [3.63, 3.8) is 0 Å². The van der Waals surface area contributed by atoms with E-state index in [0.29, 0.717) is 43.6 Å². The fourth-order valence-electron chi connectivity index (χ4n) is 3.82. The van der Waals surface area contributed by atoms with Gasteiger partial charge >= 0.3 is 0 Å². The highest BCUT2D eigenvalue weighted by Gasteiger charge is 2.27. The molecule has 2 heterocycles. The molecule has 0 fully saturated rings. The minimum atomic E-state index is -0.219. The Hall–Kier alpha value is -3.10. The monoisotopic (exact) mass is 424 g/mol. The van der Waals surface area contributed by atoms with Crippen LogP contribution in [0, 0.1) is 0 Å². The molecular formula is C23H28N4O4. The Morgan fingerprint density at radius 1 is 1.26 bits per heavy atom. The van der Waals surface area contributed by atoms with Gasteiger partial charge in [0.05, 0.1) is 23.4 Å². The highest BCUT2D eigenvalue weighted by atomic mass is 16.5. The third kappa shape index (κ3) is 4.50. The molecule has 3 N–H and O–H groups in total. The lowest BCUT2D eigenvalue weighted by Gasteiger charge is -2.16. The number of hydrogen-bond acceptors (Lipinski definition) is 6. The molecule has 0 radical (unpaired) electrons. The van der Waals surface area contributed by atoms with Gasteiger partial charge in [0.1, 0.15) is 18.1 Å². The minimum absolute atomic E-state index is 0.0669. The third-order valence-electron chi connectivity index (χ3n) is 5.38. The number of nitrogens with one attached hydrogen (secondary N) is 2. The molecule has 0 saturated heterocycles. The van der Waals surface area contributed by atoms with E-state index >= 15 is 0 Å². The summed E-state index contributed by atoms with van der Waals surface area (Å²) in [7, 11) is 1.59. The average molecular weight is 425 g/mol. The lowest BCUT2D eigenvalue weighted by atomic mass is 10.1. The third-order valence-corrected chi connectivity index (χ3v) is 5.38. The van der Waals surface area contributed by atoms with Crippen molar-refractivity contribution in [3.05, 3.63) is 52.7 Å². The molecule has 31 heavy (non-hydrogen) atoms. The lowest BCUT2D eigenvalue weighted by Crippen LogP contribution is -2.27. The van der Waals surface area contributed by atoms with Crippen LogP contribution in [0.1, 0.15) is 41.0 Å². The Balaban J connectivity index is 1.48. The summed E-state index contributed by atoms with van der Waals surface area (Å²) in [6.07, 6.45) is 0. The van der Waals surface area contributed by atoms with Crippen LogP contribution in [0.15, 0.2) is 30.3 Å². The summed E-state index contributed by atoms with van der Waals surface area (Å²) in [5.41, 5.74) is 3.77. The SMILES string of the molecule is COCc1n[nH]c2cc(O)c(C(=O)N3Cc4ccc(OCCNC(C)C)cc4C3)cc12. The molecule has 0 bridgehead atoms. The van der Waals surface area contributed by atoms with Crippen LogP contribution in [0.5, 0.6) is 11.5 Å². The van der Waals surface area contributed by atoms with Crippen molar-refractivity contribution in [2.45, 2.75) is 39.6 Å². The van der Waals surface area contributed by atoms with Crippen molar-refractivity contribution in [1.82, 2.24) is 20.4 Å². The number of nitrogens with zero attached hydrogens (tertiary/aromatic N) is 2. The molecule has 1 aliphatic heterocycles. The molecule has 0 atom stereocenters. The molecule has 1 aliphatic rings. The maximum atomic E-state index is 13.2. The van der Waals surface area contributed by atoms with Crippen LogP contribution in [0.2, 0.25) is 0 Å². The second kappa shape index (κ2) is 8.95. The normalized spacial score (nSPS) is 13.2. The number of phenolic OH excluding ortho intramolecular Hbond substituents is 1. The molecule has 0 saturated carbocycles. The number of ether oxygens (including phenoxy) is 2. The largest absolute Gasteiger partial charge is 0.507 e. The van der Waals surface area contributed by atoms with E-state index in [4.69, 9.17) is 9.47 Å². The van der Waals surface area contributed by atoms with Crippen molar-refractivity contribution in [2.24, 2.45) is 0 Å². The van der Waals surface area contributed by atoms with E-state index in [1.165, 1.54) is 6.07 Å². The Morgan fingerprint density at radius 2 is 2.06 bits per heavy atom. The van der Waals surface area contributed by atoms with Gasteiger partial charge < -0.3 is 24.8 Å². The molecule has 2 aromatic carbocycles. The minimum Gasteiger partial charge on any atom is -0.507 e. The number of methoxy groups -OCH3 is 1. The number of aromatic hydroxyl groups is 1. The second-order valence-corrected chi connectivity index (χ2v) is 8.07. The standard InChI is InChI=1S/C23H28N4O4/c1-14(2)24-6-7-31-17-5-4-15-11-27(12-16(15)8-17)23(29)19-9-18-20(10-22(19)28)25-26-21(18)13-30-3/h4-5,8-10,14,24,28H,6-7,11-13H2,1-3H3,(H,25,26). The zero-order valence-corrected chi connectivity index (χ0v) is 18.1. The molecule has 0 spiro atoms. The molecule has 3 aromatic rings. The number of phenols is 1. The quantitative estimate of drug-likeness (QED) is 0.481. The Labute approximate surface area is 181 Å². The highest BCUT2D eigenvalue weighted by molar-refractivity contribution is 6.01. The number of fused-ring (bicyclic) bond motifs is 2. The van der Waals surface area contributed by atoms with Gasteiger partial charge in [-0.1, -0.05) is 19.9 Å². The predicted octanol–water partition coefficient (Wildman–Crippen LogP) is 2.95. The van der Waals surface area contributed by atoms with Crippen molar-refractivity contribution < 1.29 is 19.4 Å². The molecule has 164 valence electrons. The second-order valence-electron chi connectivity index (χ2n) is 8.07. The van der Waals surface area contributed by atoms with E-state index in [-0.39, 0.29) is 17.2 Å². The smallest absolute Gasteiger partial charge is 0.258 e. The summed E-state index contributed by atoms with van der Waals surface area (Å²) in [5.74, 6) is 0.511. The number of hydrogen-bond donors (Lipinski definition) is 3. The zero-order chi connectivity index (χ0) is 22.0. The van der Waals surface area contributed by atoms with Crippen LogP contribution < -0.4 is 10.1 Å². The van der Waals surface area contributed by atoms with Crippen molar-refractivity contribution in [3.8, 4) is 11.5 Å². The Morgan fingerprint density at radius 3 is 2.84 bits per heavy atom. The van der Waals surface area contributed by atoms with Gasteiger partial charge in [0.25, 0.3) is 5.91 Å². The first-order valence-electron chi connectivity index (χ1n) is 10.4. The number of amides is 1. The summed E-state index contributed by atoms with van der Waals surface area (Å²) >= 11 is 0. The number of aromatic nitrogens is 2. The summed E-state index contributed by atoms with van der Waals surface area (Å²) in [6, 6.07) is 9.58. The van der Waals surface area contributed by atoms with Gasteiger partial charge in [-0.05, 0) is 29.3 Å². The fourth-order valence-corrected chi connectivity index (χ4v) is 3.82. The van der Waals surface area contributed by atoms with Crippen molar-refractivity contribution in [1.29, 1.82) is 0 Å². The van der Waals surface area contributed by atoms with Crippen LogP contribution in [-0.4, -0.2) is 52.4 Å². The van der Waals surface area contributed by atoms with Gasteiger partial charge in [0.2, 0.25) is 0 Å². The maximum Gasteiger partial charge on any atom is 0.258 e. The van der Waals surface area contributed by atoms with E-state index < -0.39 is 0 Å². The first-order valence-corrected chi connectivity index (χ1v) is 10.4. The number of aromatic amines is 1. The highest BCUT2D eigenvalue weighted by Crippen LogP contribution is 2.32. The van der Waals surface area contributed by atoms with Crippen LogP contribution in [0.4, 0.5) is 0 Å². The molecule has 8 nitrogen and oxygen atoms in total. The first-order chi connectivity index (χ1) is 15.0. The molecule has 8 heteroatoms. The van der Waals surface area contributed by atoms with Gasteiger partial charge in [-0.2, -0.15) is 5.10 Å². The number of H-pyrrole nitrogens is 1. The van der Waals surface area contributed by atoms with Crippen molar-refractivity contribution >= 4 is 16.8 Å². The van der Waals surface area contributed by atoms with Crippen molar-refractivity contribution in [2.75, 3.05) is 20.3 Å². The summed E-state index contributed by atoms with van der Waals surface area (Å²) in [6.45, 7) is 6.86. The first kappa shape index (κ1) is 21.1. The van der Waals surface area contributed by atoms with E-state index in [9.17, 15) is 9.90 Å². The fraction of sp³-hybridized carbons (Fsp3) is 0.391. The summed E-state index contributed by atoms with van der Waals surface area (Å²) in [5, 5.41) is 21.6. The van der Waals surface area contributed by atoms with Gasteiger partial charge in [-0.3, -0.25) is 9.89 Å². The van der Waals surface area contributed by atoms with E-state index in [0.717, 1.165) is 28.8 Å².